The second kappa shape index (κ2) is 9.36. The molecule has 0 saturated carbocycles. The van der Waals surface area contributed by atoms with Gasteiger partial charge in [0, 0.05) is 29.9 Å². The Morgan fingerprint density at radius 2 is 1.79 bits per heavy atom. The number of imidazole rings is 1. The summed E-state index contributed by atoms with van der Waals surface area (Å²) in [6.07, 6.45) is 0.925. The summed E-state index contributed by atoms with van der Waals surface area (Å²) in [4.78, 5) is 24.6. The van der Waals surface area contributed by atoms with Gasteiger partial charge in [0.25, 0.3) is 12.3 Å². The van der Waals surface area contributed by atoms with Crippen LogP contribution in [0.4, 0.5) is 8.78 Å². The fourth-order valence-corrected chi connectivity index (χ4v) is 3.86. The number of nitrogens with zero attached hydrogens (tertiary/aromatic N) is 3. The van der Waals surface area contributed by atoms with Crippen LogP contribution in [0.25, 0.3) is 33.2 Å². The molecule has 0 bridgehead atoms. The van der Waals surface area contributed by atoms with Crippen molar-refractivity contribution >= 4 is 27.8 Å². The molecule has 172 valence electrons. The maximum absolute atomic E-state index is 13.0. The standard InChI is InChI=1S/C24H21F2N7O/c25-21(26)13-28-12-20(14-4-2-1-3-5-14)31-24(34)23-29-18-10-16-17(11-19(18)30-23)32-33-22(16)15-6-8-27-9-7-15/h1-11,20-21,28H,12-13H2,(H,29,30)(H,31,34)(H,32,33). The Morgan fingerprint density at radius 3 is 2.56 bits per heavy atom. The Bertz CT molecular complexity index is 1420. The van der Waals surface area contributed by atoms with Crippen LogP contribution in [0.3, 0.4) is 0 Å². The van der Waals surface area contributed by atoms with Crippen LogP contribution in [0.5, 0.6) is 0 Å². The van der Waals surface area contributed by atoms with Crippen LogP contribution in [0.2, 0.25) is 0 Å². The fourth-order valence-electron chi connectivity index (χ4n) is 3.86. The van der Waals surface area contributed by atoms with Crippen molar-refractivity contribution in [1.29, 1.82) is 0 Å². The van der Waals surface area contributed by atoms with Crippen molar-refractivity contribution in [2.45, 2.75) is 12.5 Å². The van der Waals surface area contributed by atoms with E-state index in [1.165, 1.54) is 0 Å². The molecule has 0 aliphatic carbocycles. The summed E-state index contributed by atoms with van der Waals surface area (Å²) in [6, 6.07) is 16.2. The number of nitrogens with one attached hydrogen (secondary N) is 4. The number of rotatable bonds is 8. The first-order chi connectivity index (χ1) is 16.6. The van der Waals surface area contributed by atoms with Crippen molar-refractivity contribution in [1.82, 2.24) is 35.8 Å². The minimum atomic E-state index is -2.47. The third kappa shape index (κ3) is 4.48. The molecule has 0 fully saturated rings. The number of aromatic amines is 2. The van der Waals surface area contributed by atoms with Crippen molar-refractivity contribution in [3.05, 3.63) is 78.4 Å². The predicted molar refractivity (Wildman–Crippen MR) is 124 cm³/mol. The summed E-state index contributed by atoms with van der Waals surface area (Å²) in [7, 11) is 0. The van der Waals surface area contributed by atoms with Crippen LogP contribution in [0, 0.1) is 0 Å². The zero-order chi connectivity index (χ0) is 23.5. The van der Waals surface area contributed by atoms with Gasteiger partial charge in [-0.3, -0.25) is 14.9 Å². The molecular weight excluding hydrogens is 440 g/mol. The van der Waals surface area contributed by atoms with E-state index in [4.69, 9.17) is 0 Å². The van der Waals surface area contributed by atoms with E-state index in [-0.39, 0.29) is 12.4 Å². The topological polar surface area (TPSA) is 111 Å². The lowest BCUT2D eigenvalue weighted by Gasteiger charge is -2.19. The van der Waals surface area contributed by atoms with Gasteiger partial charge in [-0.1, -0.05) is 30.3 Å². The first-order valence-electron chi connectivity index (χ1n) is 10.7. The summed E-state index contributed by atoms with van der Waals surface area (Å²) >= 11 is 0. The van der Waals surface area contributed by atoms with Crippen LogP contribution in [-0.4, -0.2) is 50.6 Å². The summed E-state index contributed by atoms with van der Waals surface area (Å²) in [5.74, 6) is -0.295. The van der Waals surface area contributed by atoms with E-state index in [1.54, 1.807) is 12.4 Å². The molecule has 0 aliphatic heterocycles. The van der Waals surface area contributed by atoms with Gasteiger partial charge in [0.2, 0.25) is 0 Å². The fraction of sp³-hybridized carbons (Fsp3) is 0.167. The number of hydrogen-bond donors (Lipinski definition) is 4. The number of halogens is 2. The van der Waals surface area contributed by atoms with Gasteiger partial charge in [-0.25, -0.2) is 13.8 Å². The first kappa shape index (κ1) is 21.7. The number of alkyl halides is 2. The second-order valence-electron chi connectivity index (χ2n) is 7.79. The maximum Gasteiger partial charge on any atom is 0.287 e. The lowest BCUT2D eigenvalue weighted by molar-refractivity contribution is 0.0925. The number of carbonyl (C=O) groups is 1. The maximum atomic E-state index is 13.0. The van der Waals surface area contributed by atoms with Gasteiger partial charge in [-0.05, 0) is 29.8 Å². The minimum Gasteiger partial charge on any atom is -0.341 e. The van der Waals surface area contributed by atoms with Gasteiger partial charge in [0.05, 0.1) is 29.1 Å². The van der Waals surface area contributed by atoms with Crippen molar-refractivity contribution in [2.75, 3.05) is 13.1 Å². The SMILES string of the molecule is O=C(NC(CNCC(F)F)c1ccccc1)c1nc2cc3c(-c4ccncc4)n[nH]c3cc2[nH]1. The molecule has 3 heterocycles. The largest absolute Gasteiger partial charge is 0.341 e. The predicted octanol–water partition coefficient (Wildman–Crippen LogP) is 3.83. The number of hydrogen-bond acceptors (Lipinski definition) is 5. The molecule has 8 nitrogen and oxygen atoms in total. The average molecular weight is 461 g/mol. The zero-order valence-corrected chi connectivity index (χ0v) is 17.9. The highest BCUT2D eigenvalue weighted by molar-refractivity contribution is 6.02. The summed E-state index contributed by atoms with van der Waals surface area (Å²) < 4.78 is 25.2. The van der Waals surface area contributed by atoms with Crippen molar-refractivity contribution in [3.8, 4) is 11.3 Å². The average Bonchev–Trinajstić information content (AvgIpc) is 3.46. The van der Waals surface area contributed by atoms with E-state index >= 15 is 0 Å². The van der Waals surface area contributed by atoms with Crippen LogP contribution in [0.15, 0.2) is 67.0 Å². The molecule has 1 unspecified atom stereocenters. The Kier molecular flexibility index (Phi) is 5.96. The third-order valence-electron chi connectivity index (χ3n) is 5.49. The Hall–Kier alpha value is -4.18. The molecule has 1 amide bonds. The number of amides is 1. The molecular formula is C24H21F2N7O. The van der Waals surface area contributed by atoms with Gasteiger partial charge in [-0.15, -0.1) is 0 Å². The number of pyridine rings is 1. The number of H-pyrrole nitrogens is 2. The van der Waals surface area contributed by atoms with E-state index in [0.717, 1.165) is 27.7 Å². The molecule has 5 rings (SSSR count). The highest BCUT2D eigenvalue weighted by atomic mass is 19.3. The molecule has 5 aromatic rings. The molecule has 4 N–H and O–H groups in total. The molecule has 0 radical (unpaired) electrons. The Morgan fingerprint density at radius 1 is 1.00 bits per heavy atom. The highest BCUT2D eigenvalue weighted by Crippen LogP contribution is 2.29. The van der Waals surface area contributed by atoms with E-state index in [9.17, 15) is 13.6 Å². The third-order valence-corrected chi connectivity index (χ3v) is 5.49. The zero-order valence-electron chi connectivity index (χ0n) is 17.9. The lowest BCUT2D eigenvalue weighted by atomic mass is 10.1. The van der Waals surface area contributed by atoms with Gasteiger partial charge in [-0.2, -0.15) is 5.10 Å². The van der Waals surface area contributed by atoms with Crippen LogP contribution < -0.4 is 10.6 Å². The Balaban J connectivity index is 1.41. The van der Waals surface area contributed by atoms with E-state index in [2.05, 4.69) is 35.8 Å². The molecule has 1 atom stereocenters. The normalized spacial score (nSPS) is 12.4. The highest BCUT2D eigenvalue weighted by Gasteiger charge is 2.20. The van der Waals surface area contributed by atoms with Crippen LogP contribution >= 0.6 is 0 Å². The van der Waals surface area contributed by atoms with Crippen molar-refractivity contribution < 1.29 is 13.6 Å². The lowest BCUT2D eigenvalue weighted by Crippen LogP contribution is -2.37. The monoisotopic (exact) mass is 461 g/mol. The van der Waals surface area contributed by atoms with Crippen molar-refractivity contribution in [2.24, 2.45) is 0 Å². The summed E-state index contributed by atoms with van der Waals surface area (Å²) in [5, 5.41) is 13.9. The first-order valence-corrected chi connectivity index (χ1v) is 10.7. The molecule has 0 spiro atoms. The molecule has 0 saturated heterocycles. The molecule has 0 aliphatic rings. The van der Waals surface area contributed by atoms with Crippen LogP contribution in [0.1, 0.15) is 22.2 Å². The van der Waals surface area contributed by atoms with Crippen LogP contribution in [-0.2, 0) is 0 Å². The summed E-state index contributed by atoms with van der Waals surface area (Å²) in [5.41, 5.74) is 4.57. The molecule has 10 heteroatoms. The van der Waals surface area contributed by atoms with Gasteiger partial charge < -0.3 is 15.6 Å². The van der Waals surface area contributed by atoms with E-state index in [0.29, 0.717) is 11.0 Å². The van der Waals surface area contributed by atoms with Gasteiger partial charge in [0.1, 0.15) is 5.69 Å². The number of aromatic nitrogens is 5. The number of carbonyl (C=O) groups excluding carboxylic acids is 1. The summed E-state index contributed by atoms with van der Waals surface area (Å²) in [6.45, 7) is -0.298. The number of fused-ring (bicyclic) bond motifs is 2. The van der Waals surface area contributed by atoms with Crippen molar-refractivity contribution in [3.63, 3.8) is 0 Å². The van der Waals surface area contributed by atoms with Gasteiger partial charge >= 0.3 is 0 Å². The molecule has 3 aromatic heterocycles. The number of benzene rings is 2. The minimum absolute atomic E-state index is 0.135. The second-order valence-corrected chi connectivity index (χ2v) is 7.79. The van der Waals surface area contributed by atoms with E-state index < -0.39 is 24.9 Å². The molecule has 34 heavy (non-hydrogen) atoms. The van der Waals surface area contributed by atoms with Gasteiger partial charge in [0.15, 0.2) is 5.82 Å². The quantitative estimate of drug-likeness (QED) is 0.281. The smallest absolute Gasteiger partial charge is 0.287 e. The Labute approximate surface area is 192 Å². The van der Waals surface area contributed by atoms with E-state index in [1.807, 2.05) is 54.6 Å². The molecule has 2 aromatic carbocycles.